The molecule has 0 radical (unpaired) electrons. The van der Waals surface area contributed by atoms with Crippen molar-refractivity contribution in [3.8, 4) is 0 Å². The van der Waals surface area contributed by atoms with Crippen LogP contribution < -0.4 is 10.5 Å². The maximum Gasteiger partial charge on any atom is 0.262 e. The molecule has 3 N–H and O–H groups in total. The average molecular weight is 377 g/mol. The van der Waals surface area contributed by atoms with Gasteiger partial charge in [-0.2, -0.15) is 0 Å². The third-order valence-electron chi connectivity index (χ3n) is 2.63. The van der Waals surface area contributed by atoms with Gasteiger partial charge in [-0.05, 0) is 52.7 Å². The molecule has 2 rings (SSSR count). The summed E-state index contributed by atoms with van der Waals surface area (Å²) < 4.78 is 27.7. The minimum atomic E-state index is -3.77. The Labute approximate surface area is 130 Å². The second kappa shape index (κ2) is 5.59. The molecule has 0 aliphatic heterocycles. The molecule has 0 bridgehead atoms. The zero-order valence-corrected chi connectivity index (χ0v) is 13.6. The van der Waals surface area contributed by atoms with Crippen LogP contribution in [0.5, 0.6) is 0 Å². The number of nitrogens with two attached hydrogens (primary N) is 1. The van der Waals surface area contributed by atoms with E-state index in [0.717, 1.165) is 0 Å². The van der Waals surface area contributed by atoms with Crippen molar-refractivity contribution in [1.29, 1.82) is 0 Å². The van der Waals surface area contributed by atoms with E-state index in [1.165, 1.54) is 18.3 Å². The quantitative estimate of drug-likeness (QED) is 0.636. The summed E-state index contributed by atoms with van der Waals surface area (Å²) in [6.07, 6.45) is 1.51. The number of nitrogens with one attached hydrogen (secondary N) is 1. The number of rotatable bonds is 3. The van der Waals surface area contributed by atoms with Crippen molar-refractivity contribution in [1.82, 2.24) is 4.98 Å². The first kappa shape index (κ1) is 15.1. The fourth-order valence-corrected chi connectivity index (χ4v) is 3.26. The molecule has 0 unspecified atom stereocenters. The Balaban J connectivity index is 2.43. The van der Waals surface area contributed by atoms with Crippen LogP contribution in [-0.4, -0.2) is 13.4 Å². The van der Waals surface area contributed by atoms with Crippen molar-refractivity contribution in [3.05, 3.63) is 45.7 Å². The third-order valence-corrected chi connectivity index (χ3v) is 4.98. The van der Waals surface area contributed by atoms with Crippen LogP contribution >= 0.6 is 27.5 Å². The molecule has 0 spiro atoms. The molecule has 1 aromatic heterocycles. The SMILES string of the molecule is Cc1ccnc(Cl)c1NS(=O)(=O)c1ccc(Br)c(N)c1. The number of nitrogen functional groups attached to an aromatic ring is 1. The highest BCUT2D eigenvalue weighted by molar-refractivity contribution is 9.10. The van der Waals surface area contributed by atoms with Crippen LogP contribution in [0.25, 0.3) is 0 Å². The monoisotopic (exact) mass is 375 g/mol. The summed E-state index contributed by atoms with van der Waals surface area (Å²) >= 11 is 9.12. The van der Waals surface area contributed by atoms with Crippen molar-refractivity contribution >= 4 is 48.9 Å². The van der Waals surface area contributed by atoms with Crippen LogP contribution in [0.15, 0.2) is 39.8 Å². The fourth-order valence-electron chi connectivity index (χ4n) is 1.53. The smallest absolute Gasteiger partial charge is 0.262 e. The number of anilines is 2. The molecule has 0 aliphatic carbocycles. The molecule has 0 saturated carbocycles. The Bertz CT molecular complexity index is 745. The van der Waals surface area contributed by atoms with E-state index in [-0.39, 0.29) is 15.7 Å². The lowest BCUT2D eigenvalue weighted by Gasteiger charge is -2.12. The highest BCUT2D eigenvalue weighted by Crippen LogP contribution is 2.28. The van der Waals surface area contributed by atoms with Gasteiger partial charge in [0.1, 0.15) is 0 Å². The van der Waals surface area contributed by atoms with E-state index in [1.807, 2.05) is 0 Å². The molecular weight excluding hydrogens is 366 g/mol. The van der Waals surface area contributed by atoms with Crippen molar-refractivity contribution in [2.24, 2.45) is 0 Å². The first-order chi connectivity index (χ1) is 9.31. The number of aryl methyl sites for hydroxylation is 1. The van der Waals surface area contributed by atoms with Gasteiger partial charge in [-0.1, -0.05) is 11.6 Å². The van der Waals surface area contributed by atoms with E-state index in [9.17, 15) is 8.42 Å². The summed E-state index contributed by atoms with van der Waals surface area (Å²) in [4.78, 5) is 3.91. The molecular formula is C12H11BrClN3O2S. The minimum absolute atomic E-state index is 0.0533. The molecule has 0 fully saturated rings. The highest BCUT2D eigenvalue weighted by Gasteiger charge is 2.18. The number of hydrogen-bond acceptors (Lipinski definition) is 4. The molecule has 1 heterocycles. The van der Waals surface area contributed by atoms with E-state index in [4.69, 9.17) is 17.3 Å². The summed E-state index contributed by atoms with van der Waals surface area (Å²) in [5, 5.41) is 0.0960. The Morgan fingerprint density at radius 2 is 2.05 bits per heavy atom. The zero-order chi connectivity index (χ0) is 14.9. The number of halogens is 2. The van der Waals surface area contributed by atoms with Gasteiger partial charge in [0.25, 0.3) is 10.0 Å². The standard InChI is InChI=1S/C12H11BrClN3O2S/c1-7-4-5-16-12(14)11(7)17-20(18,19)8-2-3-9(13)10(15)6-8/h2-6,17H,15H2,1H3. The van der Waals surface area contributed by atoms with Crippen LogP contribution in [0.4, 0.5) is 11.4 Å². The van der Waals surface area contributed by atoms with Gasteiger partial charge < -0.3 is 5.73 Å². The Kier molecular flexibility index (Phi) is 4.22. The van der Waals surface area contributed by atoms with E-state index in [0.29, 0.717) is 15.7 Å². The molecule has 5 nitrogen and oxygen atoms in total. The van der Waals surface area contributed by atoms with Crippen LogP contribution in [-0.2, 0) is 10.0 Å². The molecule has 106 valence electrons. The maximum atomic E-state index is 12.3. The van der Waals surface area contributed by atoms with E-state index in [2.05, 4.69) is 25.6 Å². The van der Waals surface area contributed by atoms with Crippen LogP contribution in [0, 0.1) is 6.92 Å². The van der Waals surface area contributed by atoms with E-state index >= 15 is 0 Å². The molecule has 20 heavy (non-hydrogen) atoms. The van der Waals surface area contributed by atoms with Crippen molar-refractivity contribution < 1.29 is 8.42 Å². The Morgan fingerprint density at radius 3 is 2.65 bits per heavy atom. The zero-order valence-electron chi connectivity index (χ0n) is 10.4. The largest absolute Gasteiger partial charge is 0.398 e. The molecule has 0 atom stereocenters. The third kappa shape index (κ3) is 3.05. The summed E-state index contributed by atoms with van der Waals surface area (Å²) in [5.74, 6) is 0. The van der Waals surface area contributed by atoms with Crippen LogP contribution in [0.3, 0.4) is 0 Å². The summed E-state index contributed by atoms with van der Waals surface area (Å²) in [6, 6.07) is 6.05. The number of aromatic nitrogens is 1. The number of nitrogens with zero attached hydrogens (tertiary/aromatic N) is 1. The molecule has 0 aliphatic rings. The van der Waals surface area contributed by atoms with Crippen LogP contribution in [0.1, 0.15) is 5.56 Å². The fraction of sp³-hybridized carbons (Fsp3) is 0.0833. The highest BCUT2D eigenvalue weighted by atomic mass is 79.9. The van der Waals surface area contributed by atoms with Gasteiger partial charge >= 0.3 is 0 Å². The number of hydrogen-bond donors (Lipinski definition) is 2. The minimum Gasteiger partial charge on any atom is -0.398 e. The summed E-state index contributed by atoms with van der Waals surface area (Å²) in [6.45, 7) is 1.74. The number of sulfonamides is 1. The average Bonchev–Trinajstić information content (AvgIpc) is 2.37. The Hall–Kier alpha value is -1.31. The first-order valence-electron chi connectivity index (χ1n) is 5.50. The van der Waals surface area contributed by atoms with E-state index < -0.39 is 10.0 Å². The Morgan fingerprint density at radius 1 is 1.35 bits per heavy atom. The first-order valence-corrected chi connectivity index (χ1v) is 8.15. The molecule has 8 heteroatoms. The molecule has 0 amide bonds. The van der Waals surface area contributed by atoms with Gasteiger partial charge in [0.2, 0.25) is 0 Å². The second-order valence-corrected chi connectivity index (χ2v) is 6.98. The van der Waals surface area contributed by atoms with Crippen molar-refractivity contribution in [2.45, 2.75) is 11.8 Å². The van der Waals surface area contributed by atoms with Gasteiger partial charge in [-0.3, -0.25) is 4.72 Å². The number of benzene rings is 1. The molecule has 1 aromatic carbocycles. The number of pyridine rings is 1. The molecule has 2 aromatic rings. The second-order valence-electron chi connectivity index (χ2n) is 4.08. The predicted octanol–water partition coefficient (Wildman–Crippen LogP) is 3.19. The normalized spacial score (nSPS) is 11.3. The van der Waals surface area contributed by atoms with Gasteiger partial charge in [0.15, 0.2) is 5.15 Å². The van der Waals surface area contributed by atoms with Crippen LogP contribution in [0.2, 0.25) is 5.15 Å². The lowest BCUT2D eigenvalue weighted by molar-refractivity contribution is 0.601. The predicted molar refractivity (Wildman–Crippen MR) is 83.3 cm³/mol. The lowest BCUT2D eigenvalue weighted by Crippen LogP contribution is -2.14. The van der Waals surface area contributed by atoms with Crippen molar-refractivity contribution in [3.63, 3.8) is 0 Å². The van der Waals surface area contributed by atoms with Gasteiger partial charge in [-0.25, -0.2) is 13.4 Å². The van der Waals surface area contributed by atoms with Crippen molar-refractivity contribution in [2.75, 3.05) is 10.5 Å². The topological polar surface area (TPSA) is 85.1 Å². The summed E-state index contributed by atoms with van der Waals surface area (Å²) in [7, 11) is -3.77. The van der Waals surface area contributed by atoms with Gasteiger partial charge in [0, 0.05) is 16.4 Å². The maximum absolute atomic E-state index is 12.3. The van der Waals surface area contributed by atoms with Gasteiger partial charge in [0.05, 0.1) is 10.6 Å². The van der Waals surface area contributed by atoms with E-state index in [1.54, 1.807) is 19.1 Å². The summed E-state index contributed by atoms with van der Waals surface area (Å²) in [5.41, 5.74) is 6.97. The molecule has 0 saturated heterocycles. The van der Waals surface area contributed by atoms with Gasteiger partial charge in [-0.15, -0.1) is 0 Å². The lowest BCUT2D eigenvalue weighted by atomic mass is 10.3.